The lowest BCUT2D eigenvalue weighted by molar-refractivity contribution is 0.0929. The Labute approximate surface area is 119 Å². The van der Waals surface area contributed by atoms with E-state index >= 15 is 0 Å². The topological polar surface area (TPSA) is 68.2 Å². The number of hydrogen-bond donors (Lipinski definition) is 1. The molecule has 1 aromatic heterocycles. The molecule has 1 amide bonds. The molecule has 1 N–H and O–H groups in total. The third-order valence-electron chi connectivity index (χ3n) is 2.97. The number of nitrogens with zero attached hydrogens (tertiary/aromatic N) is 1. The van der Waals surface area contributed by atoms with E-state index in [0.29, 0.717) is 12.5 Å². The molecule has 0 atom stereocenters. The van der Waals surface area contributed by atoms with Crippen LogP contribution in [0.5, 0.6) is 0 Å². The molecule has 0 spiro atoms. The number of nitrogens with one attached hydrogen (secondary N) is 1. The summed E-state index contributed by atoms with van der Waals surface area (Å²) in [5, 5.41) is 2.60. The average molecular weight is 327 g/mol. The predicted octanol–water partition coefficient (Wildman–Crippen LogP) is 1.82. The van der Waals surface area contributed by atoms with Crippen molar-refractivity contribution in [2.24, 2.45) is 5.92 Å². The molecule has 1 heterocycles. The molecule has 1 aromatic rings. The smallest absolute Gasteiger partial charge is 0.267 e. The van der Waals surface area contributed by atoms with Crippen LogP contribution < -0.4 is 5.32 Å². The molecule has 1 aliphatic rings. The molecule has 5 nitrogen and oxygen atoms in total. The molecule has 1 aliphatic carbocycles. The van der Waals surface area contributed by atoms with Crippen molar-refractivity contribution in [3.63, 3.8) is 0 Å². The molecule has 0 aromatic carbocycles. The summed E-state index contributed by atoms with van der Waals surface area (Å²) in [5.41, 5.74) is -0.134. The van der Waals surface area contributed by atoms with E-state index < -0.39 is 27.9 Å². The van der Waals surface area contributed by atoms with Crippen LogP contribution in [0.25, 0.3) is 0 Å². The van der Waals surface area contributed by atoms with Gasteiger partial charge in [-0.2, -0.15) is 0 Å². The Bertz CT molecular complexity index is 611. The number of rotatable bonds is 6. The fourth-order valence-electron chi connectivity index (χ4n) is 1.76. The van der Waals surface area contributed by atoms with Crippen LogP contribution in [0, 0.1) is 5.92 Å². The molecule has 1 fully saturated rings. The van der Waals surface area contributed by atoms with Gasteiger partial charge in [0.1, 0.15) is 10.6 Å². The van der Waals surface area contributed by atoms with Crippen LogP contribution in [0.2, 0.25) is 0 Å². The Morgan fingerprint density at radius 2 is 2.15 bits per heavy atom. The molecule has 1 saturated carbocycles. The second-order valence-corrected chi connectivity index (χ2v) is 7.26. The molecule has 0 unspecified atom stereocenters. The van der Waals surface area contributed by atoms with Crippen molar-refractivity contribution < 1.29 is 22.0 Å². The predicted molar refractivity (Wildman–Crippen MR) is 68.5 cm³/mol. The van der Waals surface area contributed by atoms with Gasteiger partial charge in [0.2, 0.25) is 0 Å². The summed E-state index contributed by atoms with van der Waals surface area (Å²) in [6.45, 7) is -0.305. The lowest BCUT2D eigenvalue weighted by Crippen LogP contribution is -2.28. The number of amides is 1. The van der Waals surface area contributed by atoms with E-state index in [1.165, 1.54) is 0 Å². The highest BCUT2D eigenvalue weighted by molar-refractivity contribution is 8.13. The summed E-state index contributed by atoms with van der Waals surface area (Å²) in [6, 6.07) is 1.01. The number of aromatic nitrogens is 1. The molecule has 112 valence electrons. The maximum Gasteiger partial charge on any atom is 0.267 e. The van der Waals surface area contributed by atoms with Crippen LogP contribution in [0.3, 0.4) is 0 Å². The summed E-state index contributed by atoms with van der Waals surface area (Å²) >= 11 is 0. The highest BCUT2D eigenvalue weighted by Gasteiger charge is 2.25. The van der Waals surface area contributed by atoms with Gasteiger partial charge in [0.15, 0.2) is 0 Å². The second kappa shape index (κ2) is 5.69. The zero-order valence-corrected chi connectivity index (χ0v) is 11.9. The van der Waals surface area contributed by atoms with E-state index in [0.717, 1.165) is 29.7 Å². The number of hydrogen-bond acceptors (Lipinski definition) is 3. The molecular formula is C11H13ClF2N2O3S. The Morgan fingerprint density at radius 3 is 2.65 bits per heavy atom. The van der Waals surface area contributed by atoms with Gasteiger partial charge in [-0.1, -0.05) is 0 Å². The summed E-state index contributed by atoms with van der Waals surface area (Å²) in [5.74, 6) is -0.155. The third-order valence-corrected chi connectivity index (χ3v) is 4.29. The minimum absolute atomic E-state index is 0.134. The van der Waals surface area contributed by atoms with Crippen molar-refractivity contribution in [2.45, 2.75) is 30.7 Å². The quantitative estimate of drug-likeness (QED) is 0.811. The highest BCUT2D eigenvalue weighted by atomic mass is 35.7. The summed E-state index contributed by atoms with van der Waals surface area (Å²) in [7, 11) is 1.10. The van der Waals surface area contributed by atoms with Crippen molar-refractivity contribution in [1.29, 1.82) is 0 Å². The SMILES string of the molecule is O=C(NCC1CC1)c1cc(S(=O)(=O)Cl)cn1CC(F)F. The lowest BCUT2D eigenvalue weighted by Gasteiger charge is -2.08. The van der Waals surface area contributed by atoms with Crippen molar-refractivity contribution in [3.8, 4) is 0 Å². The van der Waals surface area contributed by atoms with Crippen molar-refractivity contribution in [1.82, 2.24) is 9.88 Å². The van der Waals surface area contributed by atoms with Crippen LogP contribution in [0.1, 0.15) is 23.3 Å². The van der Waals surface area contributed by atoms with Crippen LogP contribution in [0.15, 0.2) is 17.2 Å². The van der Waals surface area contributed by atoms with Gasteiger partial charge in [-0.15, -0.1) is 0 Å². The Hall–Kier alpha value is -1.15. The molecule has 20 heavy (non-hydrogen) atoms. The average Bonchev–Trinajstić information content (AvgIpc) is 3.04. The van der Waals surface area contributed by atoms with E-state index in [-0.39, 0.29) is 10.6 Å². The summed E-state index contributed by atoms with van der Waals surface area (Å²) < 4.78 is 48.3. The van der Waals surface area contributed by atoms with Gasteiger partial charge in [0.05, 0.1) is 6.54 Å². The molecule has 0 saturated heterocycles. The van der Waals surface area contributed by atoms with E-state index in [1.807, 2.05) is 0 Å². The Balaban J connectivity index is 2.23. The minimum Gasteiger partial charge on any atom is -0.350 e. The number of carbonyl (C=O) groups is 1. The monoisotopic (exact) mass is 326 g/mol. The maximum atomic E-state index is 12.5. The molecule has 0 bridgehead atoms. The fraction of sp³-hybridized carbons (Fsp3) is 0.545. The zero-order valence-electron chi connectivity index (χ0n) is 10.4. The van der Waals surface area contributed by atoms with Gasteiger partial charge < -0.3 is 9.88 Å². The van der Waals surface area contributed by atoms with E-state index in [9.17, 15) is 22.0 Å². The largest absolute Gasteiger partial charge is 0.350 e. The third kappa shape index (κ3) is 3.92. The minimum atomic E-state index is -4.07. The van der Waals surface area contributed by atoms with Gasteiger partial charge in [-0.25, -0.2) is 17.2 Å². The van der Waals surface area contributed by atoms with Crippen molar-refractivity contribution in [2.75, 3.05) is 6.54 Å². The maximum absolute atomic E-state index is 12.5. The van der Waals surface area contributed by atoms with Crippen LogP contribution in [-0.4, -0.2) is 31.9 Å². The first-order valence-electron chi connectivity index (χ1n) is 5.98. The van der Waals surface area contributed by atoms with Gasteiger partial charge in [-0.3, -0.25) is 4.79 Å². The van der Waals surface area contributed by atoms with Gasteiger partial charge in [0, 0.05) is 23.4 Å². The van der Waals surface area contributed by atoms with Crippen LogP contribution in [0.4, 0.5) is 8.78 Å². The molecule has 9 heteroatoms. The molecular weight excluding hydrogens is 314 g/mol. The van der Waals surface area contributed by atoms with Crippen LogP contribution in [-0.2, 0) is 15.6 Å². The molecule has 0 radical (unpaired) electrons. The van der Waals surface area contributed by atoms with Gasteiger partial charge >= 0.3 is 0 Å². The Kier molecular flexibility index (Phi) is 4.33. The number of alkyl halides is 2. The molecule has 0 aliphatic heterocycles. The fourth-order valence-corrected chi connectivity index (χ4v) is 2.52. The van der Waals surface area contributed by atoms with Crippen LogP contribution >= 0.6 is 10.7 Å². The van der Waals surface area contributed by atoms with E-state index in [2.05, 4.69) is 5.32 Å². The summed E-state index contributed by atoms with van der Waals surface area (Å²) in [4.78, 5) is 11.5. The highest BCUT2D eigenvalue weighted by Crippen LogP contribution is 2.27. The lowest BCUT2D eigenvalue weighted by atomic mass is 10.3. The molecule has 2 rings (SSSR count). The number of halogens is 3. The normalized spacial score (nSPS) is 15.6. The van der Waals surface area contributed by atoms with Crippen molar-refractivity contribution >= 4 is 25.6 Å². The second-order valence-electron chi connectivity index (χ2n) is 4.70. The first-order chi connectivity index (χ1) is 9.27. The van der Waals surface area contributed by atoms with E-state index in [1.54, 1.807) is 0 Å². The van der Waals surface area contributed by atoms with Crippen molar-refractivity contribution in [3.05, 3.63) is 18.0 Å². The zero-order chi connectivity index (χ0) is 14.9. The standard InChI is InChI=1S/C11H13ClF2N2O3S/c12-20(18,19)8-3-9(16(5-8)6-10(13)14)11(17)15-4-7-1-2-7/h3,5,7,10H,1-2,4,6H2,(H,15,17). The first-order valence-corrected chi connectivity index (χ1v) is 8.29. The van der Waals surface area contributed by atoms with Gasteiger partial charge in [0.25, 0.3) is 21.4 Å². The summed E-state index contributed by atoms with van der Waals surface area (Å²) in [6.07, 6.45) is 0.294. The first kappa shape index (κ1) is 15.2. The van der Waals surface area contributed by atoms with Gasteiger partial charge in [-0.05, 0) is 24.8 Å². The van der Waals surface area contributed by atoms with E-state index in [4.69, 9.17) is 10.7 Å². The Morgan fingerprint density at radius 1 is 1.50 bits per heavy atom. The number of carbonyl (C=O) groups excluding carboxylic acids is 1.